The summed E-state index contributed by atoms with van der Waals surface area (Å²) < 4.78 is 22.9. The minimum absolute atomic E-state index is 0.253. The number of rotatable bonds is 3. The zero-order valence-corrected chi connectivity index (χ0v) is 12.4. The number of hydrogen-bond acceptors (Lipinski definition) is 4. The van der Waals surface area contributed by atoms with E-state index in [2.05, 4.69) is 5.43 Å². The Hall–Kier alpha value is -2.31. The number of nitrogens with one attached hydrogen (secondary N) is 1. The minimum Gasteiger partial charge on any atom is -0.446 e. The second-order valence-corrected chi connectivity index (χ2v) is 4.81. The van der Waals surface area contributed by atoms with E-state index < -0.39 is 18.0 Å². The molecule has 1 rings (SSSR count). The third-order valence-electron chi connectivity index (χ3n) is 2.15. The van der Waals surface area contributed by atoms with Crippen molar-refractivity contribution < 1.29 is 23.5 Å². The van der Waals surface area contributed by atoms with E-state index >= 15 is 0 Å². The van der Waals surface area contributed by atoms with Gasteiger partial charge < -0.3 is 9.47 Å². The molecule has 0 atom stereocenters. The highest BCUT2D eigenvalue weighted by Crippen LogP contribution is 2.15. The standard InChI is InChI=1S/C14H19FN2O4/c1-9(2)20-13(18)16-17(14(19)21-10(3)4)12-7-5-11(15)6-8-12/h5-10H,1-4H3,(H,16,18). The van der Waals surface area contributed by atoms with Gasteiger partial charge in [0.15, 0.2) is 0 Å². The fourth-order valence-electron chi connectivity index (χ4n) is 1.39. The first kappa shape index (κ1) is 16.7. The highest BCUT2D eigenvalue weighted by Gasteiger charge is 2.22. The van der Waals surface area contributed by atoms with E-state index in [9.17, 15) is 14.0 Å². The summed E-state index contributed by atoms with van der Waals surface area (Å²) in [6.45, 7) is 6.70. The second-order valence-electron chi connectivity index (χ2n) is 4.81. The first-order valence-corrected chi connectivity index (χ1v) is 6.53. The number of hydrogen-bond donors (Lipinski definition) is 1. The molecule has 21 heavy (non-hydrogen) atoms. The SMILES string of the molecule is CC(C)OC(=O)NN(C(=O)OC(C)C)c1ccc(F)cc1. The molecule has 0 unspecified atom stereocenters. The molecule has 0 bridgehead atoms. The van der Waals surface area contributed by atoms with Gasteiger partial charge in [0.1, 0.15) is 5.82 Å². The van der Waals surface area contributed by atoms with Gasteiger partial charge >= 0.3 is 12.2 Å². The van der Waals surface area contributed by atoms with E-state index in [1.807, 2.05) is 0 Å². The summed E-state index contributed by atoms with van der Waals surface area (Å²) in [4.78, 5) is 23.6. The molecule has 0 aliphatic heterocycles. The van der Waals surface area contributed by atoms with Crippen molar-refractivity contribution in [1.29, 1.82) is 0 Å². The molecule has 0 saturated carbocycles. The third kappa shape index (κ3) is 5.68. The van der Waals surface area contributed by atoms with E-state index in [1.165, 1.54) is 24.3 Å². The molecule has 0 aliphatic carbocycles. The summed E-state index contributed by atoms with van der Waals surface area (Å²) >= 11 is 0. The number of nitrogens with zero attached hydrogens (tertiary/aromatic N) is 1. The Kier molecular flexibility index (Phi) is 5.95. The zero-order valence-electron chi connectivity index (χ0n) is 12.4. The Balaban J connectivity index is 2.91. The molecule has 0 saturated heterocycles. The lowest BCUT2D eigenvalue weighted by Gasteiger charge is -2.24. The monoisotopic (exact) mass is 298 g/mol. The van der Waals surface area contributed by atoms with Crippen molar-refractivity contribution in [3.63, 3.8) is 0 Å². The largest absolute Gasteiger partial charge is 0.446 e. The first-order valence-electron chi connectivity index (χ1n) is 6.53. The van der Waals surface area contributed by atoms with Gasteiger partial charge in [-0.3, -0.25) is 0 Å². The summed E-state index contributed by atoms with van der Waals surface area (Å²) in [6, 6.07) is 5.01. The molecule has 1 aromatic carbocycles. The lowest BCUT2D eigenvalue weighted by molar-refractivity contribution is 0.103. The van der Waals surface area contributed by atoms with Gasteiger partial charge in [-0.15, -0.1) is 0 Å². The smallest absolute Gasteiger partial charge is 0.433 e. The van der Waals surface area contributed by atoms with E-state index in [1.54, 1.807) is 27.7 Å². The predicted octanol–water partition coefficient (Wildman–Crippen LogP) is 3.23. The number of carbonyl (C=O) groups is 2. The molecule has 0 aromatic heterocycles. The molecule has 0 heterocycles. The van der Waals surface area contributed by atoms with Gasteiger partial charge in [-0.05, 0) is 52.0 Å². The van der Waals surface area contributed by atoms with Gasteiger partial charge in [-0.25, -0.2) is 19.4 Å². The Bertz CT molecular complexity index is 488. The van der Waals surface area contributed by atoms with Gasteiger partial charge in [0.2, 0.25) is 0 Å². The Morgan fingerprint density at radius 3 is 2.05 bits per heavy atom. The van der Waals surface area contributed by atoms with Crippen LogP contribution < -0.4 is 10.4 Å². The number of hydrazine groups is 1. The topological polar surface area (TPSA) is 67.9 Å². The van der Waals surface area contributed by atoms with Crippen molar-refractivity contribution in [2.24, 2.45) is 0 Å². The zero-order chi connectivity index (χ0) is 16.0. The lowest BCUT2D eigenvalue weighted by Crippen LogP contribution is -2.48. The molecule has 7 heteroatoms. The summed E-state index contributed by atoms with van der Waals surface area (Å²) in [5, 5.41) is 0.865. The maximum absolute atomic E-state index is 12.9. The van der Waals surface area contributed by atoms with Gasteiger partial charge in [-0.1, -0.05) is 0 Å². The van der Waals surface area contributed by atoms with Crippen molar-refractivity contribution in [3.8, 4) is 0 Å². The van der Waals surface area contributed by atoms with Crippen molar-refractivity contribution in [2.45, 2.75) is 39.9 Å². The average Bonchev–Trinajstić information content (AvgIpc) is 2.35. The highest BCUT2D eigenvalue weighted by molar-refractivity contribution is 5.90. The molecular formula is C14H19FN2O4. The normalized spacial score (nSPS) is 10.4. The highest BCUT2D eigenvalue weighted by atomic mass is 19.1. The van der Waals surface area contributed by atoms with Crippen LogP contribution in [0.4, 0.5) is 19.7 Å². The van der Waals surface area contributed by atoms with Crippen molar-refractivity contribution in [1.82, 2.24) is 5.43 Å². The molecular weight excluding hydrogens is 279 g/mol. The number of carbonyl (C=O) groups excluding carboxylic acids is 2. The molecule has 116 valence electrons. The van der Waals surface area contributed by atoms with E-state index in [0.29, 0.717) is 0 Å². The van der Waals surface area contributed by atoms with Crippen molar-refractivity contribution >= 4 is 17.9 Å². The Morgan fingerprint density at radius 2 is 1.57 bits per heavy atom. The van der Waals surface area contributed by atoms with Gasteiger partial charge in [-0.2, -0.15) is 5.01 Å². The van der Waals surface area contributed by atoms with Crippen LogP contribution in [-0.2, 0) is 9.47 Å². The van der Waals surface area contributed by atoms with Crippen LogP contribution in [0.1, 0.15) is 27.7 Å². The number of benzene rings is 1. The molecule has 1 N–H and O–H groups in total. The van der Waals surface area contributed by atoms with E-state index in [0.717, 1.165) is 5.01 Å². The van der Waals surface area contributed by atoms with Crippen LogP contribution in [-0.4, -0.2) is 24.4 Å². The summed E-state index contributed by atoms with van der Waals surface area (Å²) in [5.41, 5.74) is 2.52. The third-order valence-corrected chi connectivity index (χ3v) is 2.15. The summed E-state index contributed by atoms with van der Waals surface area (Å²) in [6.07, 6.45) is -2.32. The van der Waals surface area contributed by atoms with Crippen LogP contribution in [0, 0.1) is 5.82 Å². The van der Waals surface area contributed by atoms with Gasteiger partial charge in [0.25, 0.3) is 0 Å². The van der Waals surface area contributed by atoms with Crippen LogP contribution in [0.25, 0.3) is 0 Å². The number of ether oxygens (including phenoxy) is 2. The lowest BCUT2D eigenvalue weighted by atomic mass is 10.3. The maximum atomic E-state index is 12.9. The van der Waals surface area contributed by atoms with E-state index in [-0.39, 0.29) is 17.9 Å². The van der Waals surface area contributed by atoms with Crippen LogP contribution >= 0.6 is 0 Å². The molecule has 2 amide bonds. The predicted molar refractivity (Wildman–Crippen MR) is 75.2 cm³/mol. The Labute approximate surface area is 122 Å². The van der Waals surface area contributed by atoms with Crippen molar-refractivity contribution in [3.05, 3.63) is 30.1 Å². The summed E-state index contributed by atoms with van der Waals surface area (Å²) in [5.74, 6) is -0.458. The van der Waals surface area contributed by atoms with Crippen LogP contribution in [0.2, 0.25) is 0 Å². The van der Waals surface area contributed by atoms with Gasteiger partial charge in [0, 0.05) is 0 Å². The number of halogens is 1. The molecule has 6 nitrogen and oxygen atoms in total. The maximum Gasteiger partial charge on any atom is 0.433 e. The molecule has 0 spiro atoms. The van der Waals surface area contributed by atoms with Crippen LogP contribution in [0.3, 0.4) is 0 Å². The number of amides is 2. The second kappa shape index (κ2) is 7.47. The van der Waals surface area contributed by atoms with Gasteiger partial charge in [0.05, 0.1) is 17.9 Å². The fraction of sp³-hybridized carbons (Fsp3) is 0.429. The van der Waals surface area contributed by atoms with Crippen LogP contribution in [0.5, 0.6) is 0 Å². The molecule has 0 aliphatic rings. The summed E-state index contributed by atoms with van der Waals surface area (Å²) in [7, 11) is 0. The average molecular weight is 298 g/mol. The quantitative estimate of drug-likeness (QED) is 0.870. The van der Waals surface area contributed by atoms with Crippen LogP contribution in [0.15, 0.2) is 24.3 Å². The Morgan fingerprint density at radius 1 is 1.05 bits per heavy atom. The van der Waals surface area contributed by atoms with Crippen molar-refractivity contribution in [2.75, 3.05) is 5.01 Å². The molecule has 1 aromatic rings. The first-order chi connectivity index (χ1) is 9.79. The van der Waals surface area contributed by atoms with E-state index in [4.69, 9.17) is 9.47 Å². The fourth-order valence-corrected chi connectivity index (χ4v) is 1.39. The number of anilines is 1. The molecule has 0 fully saturated rings. The molecule has 0 radical (unpaired) electrons. The minimum atomic E-state index is -0.810.